The smallest absolute Gasteiger partial charge is 0.338 e. The highest BCUT2D eigenvalue weighted by molar-refractivity contribution is 5.90. The van der Waals surface area contributed by atoms with Crippen LogP contribution in [0.25, 0.3) is 0 Å². The Morgan fingerprint density at radius 2 is 1.46 bits per heavy atom. The van der Waals surface area contributed by atoms with Crippen LogP contribution in [0.1, 0.15) is 31.8 Å². The number of esters is 2. The van der Waals surface area contributed by atoms with Crippen molar-refractivity contribution >= 4 is 11.9 Å². The summed E-state index contributed by atoms with van der Waals surface area (Å²) in [5, 5.41) is 9.64. The monoisotopic (exact) mass is 388 g/mol. The molecule has 28 heavy (non-hydrogen) atoms. The molecule has 1 aliphatic heterocycles. The van der Waals surface area contributed by atoms with Gasteiger partial charge in [-0.1, -0.05) is 35.4 Å². The van der Waals surface area contributed by atoms with Crippen molar-refractivity contribution in [1.82, 2.24) is 0 Å². The molecular weight excluding hydrogens is 367 g/mol. The quantitative estimate of drug-likeness (QED) is 0.794. The largest absolute Gasteiger partial charge is 0.459 e. The molecule has 0 saturated carbocycles. The number of aliphatic hydroxyl groups excluding tert-OH is 1. The summed E-state index contributed by atoms with van der Waals surface area (Å²) >= 11 is 0. The van der Waals surface area contributed by atoms with Crippen molar-refractivity contribution in [2.75, 3.05) is 6.61 Å². The molecule has 2 aromatic rings. The van der Waals surface area contributed by atoms with Crippen LogP contribution < -0.4 is 0 Å². The van der Waals surface area contributed by atoms with Gasteiger partial charge in [0.2, 0.25) is 0 Å². The van der Waals surface area contributed by atoms with Gasteiger partial charge in [-0.25, -0.2) is 14.0 Å². The van der Waals surface area contributed by atoms with E-state index in [2.05, 4.69) is 0 Å². The number of aliphatic hydroxyl groups is 1. The Morgan fingerprint density at radius 3 is 2.00 bits per heavy atom. The van der Waals surface area contributed by atoms with Crippen molar-refractivity contribution in [1.29, 1.82) is 0 Å². The number of carbonyl (C=O) groups is 2. The number of halogens is 1. The van der Waals surface area contributed by atoms with Crippen LogP contribution in [0, 0.1) is 13.8 Å². The number of carbonyl (C=O) groups excluding carboxylic acids is 2. The molecule has 0 aliphatic carbocycles. The molecule has 1 saturated heterocycles. The molecule has 1 heterocycles. The molecule has 1 fully saturated rings. The zero-order chi connectivity index (χ0) is 20.3. The molecule has 0 bridgehead atoms. The Kier molecular flexibility index (Phi) is 6.06. The minimum atomic E-state index is -1.95. The summed E-state index contributed by atoms with van der Waals surface area (Å²) in [5.41, 5.74) is 2.52. The number of rotatable bonds is 5. The Morgan fingerprint density at radius 1 is 0.964 bits per heavy atom. The Balaban J connectivity index is 1.63. The molecule has 0 amide bonds. The summed E-state index contributed by atoms with van der Waals surface area (Å²) in [7, 11) is 0. The molecule has 4 atom stereocenters. The number of benzene rings is 2. The third kappa shape index (κ3) is 4.55. The predicted molar refractivity (Wildman–Crippen MR) is 97.6 cm³/mol. The maximum Gasteiger partial charge on any atom is 0.338 e. The topological polar surface area (TPSA) is 82.1 Å². The van der Waals surface area contributed by atoms with Gasteiger partial charge in [-0.2, -0.15) is 0 Å². The van der Waals surface area contributed by atoms with Crippen LogP contribution in [-0.2, 0) is 14.2 Å². The maximum atomic E-state index is 14.3. The molecule has 3 rings (SSSR count). The van der Waals surface area contributed by atoms with Gasteiger partial charge in [-0.3, -0.25) is 0 Å². The second kappa shape index (κ2) is 8.50. The van der Waals surface area contributed by atoms with Gasteiger partial charge in [0.15, 0.2) is 18.6 Å². The van der Waals surface area contributed by atoms with Crippen LogP contribution in [0.5, 0.6) is 0 Å². The van der Waals surface area contributed by atoms with Gasteiger partial charge in [0.05, 0.1) is 11.1 Å². The fourth-order valence-electron chi connectivity index (χ4n) is 2.79. The van der Waals surface area contributed by atoms with E-state index in [-0.39, 0.29) is 12.2 Å². The summed E-state index contributed by atoms with van der Waals surface area (Å²) in [6, 6.07) is 13.3. The molecule has 7 heteroatoms. The second-order valence-electron chi connectivity index (χ2n) is 6.71. The van der Waals surface area contributed by atoms with Crippen molar-refractivity contribution in [2.45, 2.75) is 38.5 Å². The first kappa shape index (κ1) is 20.0. The molecule has 0 radical (unpaired) electrons. The molecule has 6 nitrogen and oxygen atoms in total. The summed E-state index contributed by atoms with van der Waals surface area (Å²) in [6.45, 7) is 3.39. The molecule has 0 aromatic heterocycles. The van der Waals surface area contributed by atoms with E-state index in [0.29, 0.717) is 5.56 Å². The van der Waals surface area contributed by atoms with E-state index in [9.17, 15) is 19.1 Å². The highest BCUT2D eigenvalue weighted by Gasteiger charge is 2.47. The van der Waals surface area contributed by atoms with Gasteiger partial charge in [-0.15, -0.1) is 0 Å². The van der Waals surface area contributed by atoms with Gasteiger partial charge in [0.25, 0.3) is 0 Å². The third-order valence-corrected chi connectivity index (χ3v) is 4.46. The number of ether oxygens (including phenoxy) is 3. The summed E-state index contributed by atoms with van der Waals surface area (Å²) in [6.07, 6.45) is -6.22. The van der Waals surface area contributed by atoms with Crippen LogP contribution in [0.2, 0.25) is 0 Å². The van der Waals surface area contributed by atoms with E-state index in [1.165, 1.54) is 0 Å². The molecule has 1 unspecified atom stereocenters. The molecule has 0 spiro atoms. The first-order valence-corrected chi connectivity index (χ1v) is 8.84. The van der Waals surface area contributed by atoms with E-state index in [0.717, 1.165) is 11.1 Å². The lowest BCUT2D eigenvalue weighted by Gasteiger charge is -2.19. The van der Waals surface area contributed by atoms with Crippen LogP contribution in [0.15, 0.2) is 48.5 Å². The average molecular weight is 388 g/mol. The van der Waals surface area contributed by atoms with Crippen LogP contribution in [0.3, 0.4) is 0 Å². The lowest BCUT2D eigenvalue weighted by Crippen LogP contribution is -2.37. The van der Waals surface area contributed by atoms with Crippen molar-refractivity contribution in [2.24, 2.45) is 0 Å². The van der Waals surface area contributed by atoms with E-state index in [1.54, 1.807) is 48.5 Å². The van der Waals surface area contributed by atoms with Crippen molar-refractivity contribution < 1.29 is 33.3 Å². The number of hydrogen-bond acceptors (Lipinski definition) is 6. The molecule has 2 aromatic carbocycles. The van der Waals surface area contributed by atoms with Gasteiger partial charge in [0, 0.05) is 0 Å². The molecule has 1 aliphatic rings. The Hall–Kier alpha value is -2.77. The first-order valence-electron chi connectivity index (χ1n) is 8.84. The van der Waals surface area contributed by atoms with E-state index in [4.69, 9.17) is 14.2 Å². The third-order valence-electron chi connectivity index (χ3n) is 4.46. The highest BCUT2D eigenvalue weighted by Crippen LogP contribution is 2.27. The summed E-state index contributed by atoms with van der Waals surface area (Å²) < 4.78 is 29.7. The van der Waals surface area contributed by atoms with Crippen molar-refractivity contribution in [3.8, 4) is 0 Å². The molecular formula is C21H21FO6. The van der Waals surface area contributed by atoms with Gasteiger partial charge >= 0.3 is 11.9 Å². The Bertz CT molecular complexity index is 833. The zero-order valence-electron chi connectivity index (χ0n) is 15.5. The summed E-state index contributed by atoms with van der Waals surface area (Å²) in [4.78, 5) is 24.4. The average Bonchev–Trinajstić information content (AvgIpc) is 2.95. The zero-order valence-corrected chi connectivity index (χ0v) is 15.5. The van der Waals surface area contributed by atoms with E-state index < -0.39 is 36.6 Å². The number of alkyl halides is 1. The standard InChI is InChI=1S/C21H21FO6/c1-12-3-7-14(8-4-12)19(23)26-11-16-18(17(22)21(25)27-16)28-20(24)15-9-5-13(2)6-10-15/h3-10,16-18,21,25H,11H2,1-2H3/t16-,17+,18-,21?/m1/s1. The second-order valence-corrected chi connectivity index (χ2v) is 6.71. The number of aryl methyl sites for hydroxylation is 2. The normalized spacial score (nSPS) is 24.0. The van der Waals surface area contributed by atoms with Gasteiger partial charge < -0.3 is 19.3 Å². The minimum absolute atomic E-state index is 0.245. The predicted octanol–water partition coefficient (Wildman–Crippen LogP) is 2.74. The highest BCUT2D eigenvalue weighted by atomic mass is 19.1. The van der Waals surface area contributed by atoms with Crippen LogP contribution >= 0.6 is 0 Å². The molecule has 1 N–H and O–H groups in total. The summed E-state index contributed by atoms with van der Waals surface area (Å²) in [5.74, 6) is -1.37. The van der Waals surface area contributed by atoms with E-state index in [1.807, 2.05) is 13.8 Å². The minimum Gasteiger partial charge on any atom is -0.459 e. The van der Waals surface area contributed by atoms with Crippen molar-refractivity contribution in [3.63, 3.8) is 0 Å². The SMILES string of the molecule is Cc1ccc(C(=O)OC[C@H]2OC(O)[C@@H](F)[C@@H]2OC(=O)c2ccc(C)cc2)cc1. The first-order chi connectivity index (χ1) is 13.3. The van der Waals surface area contributed by atoms with Gasteiger partial charge in [-0.05, 0) is 38.1 Å². The van der Waals surface area contributed by atoms with Crippen LogP contribution in [0.4, 0.5) is 4.39 Å². The number of hydrogen-bond donors (Lipinski definition) is 1. The molecule has 148 valence electrons. The van der Waals surface area contributed by atoms with Crippen molar-refractivity contribution in [3.05, 3.63) is 70.8 Å². The Labute approximate surface area is 161 Å². The fraction of sp³-hybridized carbons (Fsp3) is 0.333. The lowest BCUT2D eigenvalue weighted by molar-refractivity contribution is -0.122. The fourth-order valence-corrected chi connectivity index (χ4v) is 2.79. The van der Waals surface area contributed by atoms with E-state index >= 15 is 0 Å². The maximum absolute atomic E-state index is 14.3. The lowest BCUT2D eigenvalue weighted by atomic mass is 10.1. The van der Waals surface area contributed by atoms with Gasteiger partial charge in [0.1, 0.15) is 12.7 Å². The van der Waals surface area contributed by atoms with Crippen LogP contribution in [-0.4, -0.2) is 48.3 Å².